The van der Waals surface area contributed by atoms with Crippen LogP contribution in [0.4, 0.5) is 0 Å². The van der Waals surface area contributed by atoms with E-state index in [1.165, 1.54) is 22.6 Å². The van der Waals surface area contributed by atoms with Crippen molar-refractivity contribution in [2.24, 2.45) is 0 Å². The molecule has 0 saturated heterocycles. The molecule has 102 valence electrons. The molecule has 0 spiro atoms. The van der Waals surface area contributed by atoms with Gasteiger partial charge in [0.2, 0.25) is 10.0 Å². The minimum absolute atomic E-state index is 0.223. The third-order valence-corrected chi connectivity index (χ3v) is 5.06. The van der Waals surface area contributed by atoms with E-state index in [0.717, 1.165) is 0 Å². The fourth-order valence-corrected chi connectivity index (χ4v) is 3.46. The molecular formula is C12H14ClN3O2S. The Morgan fingerprint density at radius 1 is 1.21 bits per heavy atom. The number of sulfonamides is 1. The van der Waals surface area contributed by atoms with Gasteiger partial charge in [-0.05, 0) is 18.2 Å². The molecule has 0 aliphatic heterocycles. The van der Waals surface area contributed by atoms with Crippen molar-refractivity contribution in [3.8, 4) is 0 Å². The molecule has 1 heterocycles. The monoisotopic (exact) mass is 299 g/mol. The van der Waals surface area contributed by atoms with E-state index < -0.39 is 10.0 Å². The number of hydrogen-bond donors (Lipinski definition) is 0. The number of aromatic nitrogens is 2. The largest absolute Gasteiger partial charge is 0.251 e. The number of benzene rings is 1. The lowest BCUT2D eigenvalue weighted by atomic mass is 10.3. The first-order valence-corrected chi connectivity index (χ1v) is 7.73. The van der Waals surface area contributed by atoms with Crippen LogP contribution in [-0.4, -0.2) is 35.8 Å². The smallest absolute Gasteiger partial charge is 0.243 e. The number of fused-ring (bicyclic) bond motifs is 1. The molecule has 0 N–H and O–H groups in total. The molecule has 0 atom stereocenters. The Labute approximate surface area is 117 Å². The molecule has 5 nitrogen and oxygen atoms in total. The van der Waals surface area contributed by atoms with Gasteiger partial charge in [0.1, 0.15) is 5.15 Å². The SMILES string of the molecule is CCN(CC)S(=O)(=O)c1ccc2nc(Cl)cnc2c1. The predicted molar refractivity (Wildman–Crippen MR) is 74.7 cm³/mol. The van der Waals surface area contributed by atoms with Crippen LogP contribution in [0, 0.1) is 0 Å². The van der Waals surface area contributed by atoms with E-state index in [9.17, 15) is 8.42 Å². The lowest BCUT2D eigenvalue weighted by Crippen LogP contribution is -2.30. The Morgan fingerprint density at radius 3 is 2.53 bits per heavy atom. The first-order valence-electron chi connectivity index (χ1n) is 5.91. The second kappa shape index (κ2) is 5.40. The van der Waals surface area contributed by atoms with Gasteiger partial charge in [-0.2, -0.15) is 4.31 Å². The van der Waals surface area contributed by atoms with Gasteiger partial charge in [0.05, 0.1) is 22.1 Å². The zero-order chi connectivity index (χ0) is 14.0. The van der Waals surface area contributed by atoms with E-state index in [2.05, 4.69) is 9.97 Å². The molecule has 0 saturated carbocycles. The molecule has 2 rings (SSSR count). The average molecular weight is 300 g/mol. The van der Waals surface area contributed by atoms with Crippen molar-refractivity contribution in [2.75, 3.05) is 13.1 Å². The second-order valence-electron chi connectivity index (χ2n) is 3.93. The van der Waals surface area contributed by atoms with E-state index in [1.807, 2.05) is 13.8 Å². The van der Waals surface area contributed by atoms with Gasteiger partial charge in [-0.3, -0.25) is 4.98 Å². The minimum atomic E-state index is -3.47. The zero-order valence-electron chi connectivity index (χ0n) is 10.7. The fraction of sp³-hybridized carbons (Fsp3) is 0.333. The number of halogens is 1. The highest BCUT2D eigenvalue weighted by atomic mass is 35.5. The first-order chi connectivity index (χ1) is 8.98. The maximum atomic E-state index is 12.4. The van der Waals surface area contributed by atoms with Crippen LogP contribution in [-0.2, 0) is 10.0 Å². The summed E-state index contributed by atoms with van der Waals surface area (Å²) < 4.78 is 26.1. The molecule has 0 aliphatic rings. The Balaban J connectivity index is 2.55. The van der Waals surface area contributed by atoms with Crippen molar-refractivity contribution in [1.82, 2.24) is 14.3 Å². The van der Waals surface area contributed by atoms with E-state index in [0.29, 0.717) is 24.1 Å². The standard InChI is InChI=1S/C12H14ClN3O2S/c1-3-16(4-2)19(17,18)9-5-6-10-11(7-9)14-8-12(13)15-10/h5-8H,3-4H2,1-2H3. The molecule has 1 aromatic carbocycles. The maximum Gasteiger partial charge on any atom is 0.243 e. The van der Waals surface area contributed by atoms with Crippen LogP contribution in [0.15, 0.2) is 29.3 Å². The maximum absolute atomic E-state index is 12.4. The van der Waals surface area contributed by atoms with Crippen molar-refractivity contribution in [3.63, 3.8) is 0 Å². The van der Waals surface area contributed by atoms with Crippen LogP contribution in [0.2, 0.25) is 5.15 Å². The number of nitrogens with zero attached hydrogens (tertiary/aromatic N) is 3. The normalized spacial score (nSPS) is 12.2. The highest BCUT2D eigenvalue weighted by molar-refractivity contribution is 7.89. The van der Waals surface area contributed by atoms with Crippen LogP contribution in [0.5, 0.6) is 0 Å². The summed E-state index contributed by atoms with van der Waals surface area (Å²) in [5.74, 6) is 0. The van der Waals surface area contributed by atoms with Gasteiger partial charge in [-0.15, -0.1) is 0 Å². The van der Waals surface area contributed by atoms with Gasteiger partial charge in [0.15, 0.2) is 0 Å². The van der Waals surface area contributed by atoms with Crippen LogP contribution in [0.1, 0.15) is 13.8 Å². The van der Waals surface area contributed by atoms with Crippen molar-refractivity contribution < 1.29 is 8.42 Å². The molecule has 1 aromatic heterocycles. The summed E-state index contributed by atoms with van der Waals surface area (Å²) in [6.45, 7) is 4.48. The van der Waals surface area contributed by atoms with Gasteiger partial charge < -0.3 is 0 Å². The third-order valence-electron chi connectivity index (χ3n) is 2.83. The van der Waals surface area contributed by atoms with Gasteiger partial charge in [-0.1, -0.05) is 25.4 Å². The van der Waals surface area contributed by atoms with Gasteiger partial charge in [0, 0.05) is 13.1 Å². The summed E-state index contributed by atoms with van der Waals surface area (Å²) in [5.41, 5.74) is 1.09. The Bertz CT molecular complexity index is 699. The van der Waals surface area contributed by atoms with E-state index in [4.69, 9.17) is 11.6 Å². The molecular weight excluding hydrogens is 286 g/mol. The molecule has 19 heavy (non-hydrogen) atoms. The summed E-state index contributed by atoms with van der Waals surface area (Å²) in [6, 6.07) is 4.66. The predicted octanol–water partition coefficient (Wildman–Crippen LogP) is 2.31. The fourth-order valence-electron chi connectivity index (χ4n) is 1.84. The van der Waals surface area contributed by atoms with E-state index in [-0.39, 0.29) is 10.0 Å². The third kappa shape index (κ3) is 2.70. The Hall–Kier alpha value is -1.24. The van der Waals surface area contributed by atoms with Gasteiger partial charge in [0.25, 0.3) is 0 Å². The van der Waals surface area contributed by atoms with Crippen LogP contribution in [0.25, 0.3) is 11.0 Å². The topological polar surface area (TPSA) is 63.2 Å². The highest BCUT2D eigenvalue weighted by Gasteiger charge is 2.21. The molecule has 0 fully saturated rings. The molecule has 0 aliphatic carbocycles. The van der Waals surface area contributed by atoms with Crippen molar-refractivity contribution >= 4 is 32.7 Å². The van der Waals surface area contributed by atoms with Crippen molar-refractivity contribution in [2.45, 2.75) is 18.7 Å². The lowest BCUT2D eigenvalue weighted by Gasteiger charge is -2.18. The van der Waals surface area contributed by atoms with Crippen LogP contribution in [0.3, 0.4) is 0 Å². The van der Waals surface area contributed by atoms with Gasteiger partial charge in [-0.25, -0.2) is 13.4 Å². The summed E-state index contributed by atoms with van der Waals surface area (Å²) >= 11 is 5.74. The summed E-state index contributed by atoms with van der Waals surface area (Å²) in [4.78, 5) is 8.39. The molecule has 0 radical (unpaired) electrons. The lowest BCUT2D eigenvalue weighted by molar-refractivity contribution is 0.445. The molecule has 0 bridgehead atoms. The average Bonchev–Trinajstić information content (AvgIpc) is 2.39. The van der Waals surface area contributed by atoms with Crippen LogP contribution >= 0.6 is 11.6 Å². The van der Waals surface area contributed by atoms with E-state index in [1.54, 1.807) is 6.07 Å². The second-order valence-corrected chi connectivity index (χ2v) is 6.26. The molecule has 2 aromatic rings. The van der Waals surface area contributed by atoms with Crippen molar-refractivity contribution in [1.29, 1.82) is 0 Å². The molecule has 0 unspecified atom stereocenters. The van der Waals surface area contributed by atoms with Crippen molar-refractivity contribution in [3.05, 3.63) is 29.5 Å². The molecule has 0 amide bonds. The Morgan fingerprint density at radius 2 is 1.89 bits per heavy atom. The zero-order valence-corrected chi connectivity index (χ0v) is 12.2. The number of hydrogen-bond acceptors (Lipinski definition) is 4. The Kier molecular flexibility index (Phi) is 4.03. The summed E-state index contributed by atoms with van der Waals surface area (Å²) in [5, 5.41) is 0.284. The summed E-state index contributed by atoms with van der Waals surface area (Å²) in [7, 11) is -3.47. The van der Waals surface area contributed by atoms with Crippen LogP contribution < -0.4 is 0 Å². The quantitative estimate of drug-likeness (QED) is 0.869. The first kappa shape index (κ1) is 14.2. The van der Waals surface area contributed by atoms with Gasteiger partial charge >= 0.3 is 0 Å². The highest BCUT2D eigenvalue weighted by Crippen LogP contribution is 2.20. The van der Waals surface area contributed by atoms with E-state index >= 15 is 0 Å². The summed E-state index contributed by atoms with van der Waals surface area (Å²) in [6.07, 6.45) is 1.40. The number of rotatable bonds is 4. The minimum Gasteiger partial charge on any atom is -0.251 e. The molecule has 7 heteroatoms.